The topological polar surface area (TPSA) is 38.5 Å². The molecular formula is C17H22N2O. The van der Waals surface area contributed by atoms with Gasteiger partial charge in [-0.1, -0.05) is 24.3 Å². The molecule has 2 aromatic carbocycles. The average Bonchev–Trinajstić information content (AvgIpc) is 2.98. The number of nitrogens with two attached hydrogens (primary N) is 1. The molecule has 0 aromatic heterocycles. The third kappa shape index (κ3) is 2.88. The molecule has 3 rings (SSSR count). The molecule has 20 heavy (non-hydrogen) atoms. The molecule has 0 atom stereocenters. The summed E-state index contributed by atoms with van der Waals surface area (Å²) < 4.78 is 5.95. The molecule has 3 nitrogen and oxygen atoms in total. The van der Waals surface area contributed by atoms with Gasteiger partial charge in [-0.3, -0.25) is 0 Å². The number of nitrogens with zero attached hydrogens (tertiary/aromatic N) is 1. The number of fused-ring (bicyclic) bond motifs is 1. The van der Waals surface area contributed by atoms with Crippen LogP contribution in [0.2, 0.25) is 0 Å². The van der Waals surface area contributed by atoms with Crippen LogP contribution >= 0.6 is 0 Å². The molecule has 2 N–H and O–H groups in total. The molecule has 0 radical (unpaired) electrons. The van der Waals surface area contributed by atoms with Gasteiger partial charge in [0.15, 0.2) is 0 Å². The highest BCUT2D eigenvalue weighted by atomic mass is 16.5. The van der Waals surface area contributed by atoms with Crippen LogP contribution in [0, 0.1) is 0 Å². The Bertz CT molecular complexity index is 576. The average molecular weight is 270 g/mol. The maximum atomic E-state index is 6.00. The van der Waals surface area contributed by atoms with Gasteiger partial charge in [0.05, 0.1) is 6.61 Å². The minimum absolute atomic E-state index is 0.768. The maximum absolute atomic E-state index is 6.00. The summed E-state index contributed by atoms with van der Waals surface area (Å²) in [7, 11) is 0. The van der Waals surface area contributed by atoms with Gasteiger partial charge < -0.3 is 15.4 Å². The lowest BCUT2D eigenvalue weighted by Crippen LogP contribution is -2.21. The number of hydrogen-bond acceptors (Lipinski definition) is 3. The van der Waals surface area contributed by atoms with Gasteiger partial charge in [-0.05, 0) is 44.5 Å². The van der Waals surface area contributed by atoms with Crippen molar-refractivity contribution in [1.29, 1.82) is 0 Å². The smallest absolute Gasteiger partial charge is 0.127 e. The monoisotopic (exact) mass is 270 g/mol. The lowest BCUT2D eigenvalue weighted by molar-refractivity contribution is 0.265. The van der Waals surface area contributed by atoms with Gasteiger partial charge in [0.2, 0.25) is 0 Å². The summed E-state index contributed by atoms with van der Waals surface area (Å²) in [6.07, 6.45) is 3.78. The SMILES string of the molecule is Nc1cccc2c(OCCCN3CCCC3)cccc12. The number of hydrogen-bond donors (Lipinski definition) is 1. The molecule has 2 aromatic rings. The van der Waals surface area contributed by atoms with Gasteiger partial charge in [-0.15, -0.1) is 0 Å². The molecule has 0 bridgehead atoms. The molecule has 1 aliphatic heterocycles. The first-order valence-electron chi connectivity index (χ1n) is 7.47. The van der Waals surface area contributed by atoms with Crippen molar-refractivity contribution in [2.45, 2.75) is 19.3 Å². The normalized spacial score (nSPS) is 15.8. The highest BCUT2D eigenvalue weighted by Crippen LogP contribution is 2.29. The van der Waals surface area contributed by atoms with Crippen molar-refractivity contribution in [3.05, 3.63) is 36.4 Å². The Morgan fingerprint density at radius 3 is 2.60 bits per heavy atom. The largest absolute Gasteiger partial charge is 0.493 e. The molecule has 1 heterocycles. The van der Waals surface area contributed by atoms with Gasteiger partial charge in [-0.25, -0.2) is 0 Å². The fraction of sp³-hybridized carbons (Fsp3) is 0.412. The summed E-state index contributed by atoms with van der Waals surface area (Å²) in [6, 6.07) is 12.1. The Labute approximate surface area is 120 Å². The minimum atomic E-state index is 0.768. The van der Waals surface area contributed by atoms with Gasteiger partial charge in [-0.2, -0.15) is 0 Å². The molecule has 1 saturated heterocycles. The van der Waals surface area contributed by atoms with Gasteiger partial charge in [0.1, 0.15) is 5.75 Å². The first-order chi connectivity index (χ1) is 9.84. The third-order valence-corrected chi connectivity index (χ3v) is 3.99. The standard InChI is InChI=1S/C17H22N2O/c18-16-8-3-7-15-14(16)6-4-9-17(15)20-13-5-12-19-10-1-2-11-19/h3-4,6-9H,1-2,5,10-13,18H2. The molecule has 3 heteroatoms. The highest BCUT2D eigenvalue weighted by Gasteiger charge is 2.10. The zero-order valence-electron chi connectivity index (χ0n) is 11.8. The van der Waals surface area contributed by atoms with Crippen LogP contribution in [0.4, 0.5) is 5.69 Å². The lowest BCUT2D eigenvalue weighted by atomic mass is 10.1. The second-order valence-corrected chi connectivity index (χ2v) is 5.45. The number of anilines is 1. The third-order valence-electron chi connectivity index (χ3n) is 3.99. The maximum Gasteiger partial charge on any atom is 0.127 e. The van der Waals surface area contributed by atoms with Crippen molar-refractivity contribution in [2.24, 2.45) is 0 Å². The molecule has 106 valence electrons. The number of ether oxygens (including phenoxy) is 1. The second-order valence-electron chi connectivity index (χ2n) is 5.45. The summed E-state index contributed by atoms with van der Waals surface area (Å²) >= 11 is 0. The fourth-order valence-electron chi connectivity index (χ4n) is 2.91. The quantitative estimate of drug-likeness (QED) is 0.669. The van der Waals surface area contributed by atoms with Crippen molar-refractivity contribution in [3.8, 4) is 5.75 Å². The zero-order valence-corrected chi connectivity index (χ0v) is 11.8. The minimum Gasteiger partial charge on any atom is -0.493 e. The molecule has 0 saturated carbocycles. The molecule has 1 aliphatic rings. The van der Waals surface area contributed by atoms with Crippen LogP contribution < -0.4 is 10.5 Å². The Morgan fingerprint density at radius 1 is 1.00 bits per heavy atom. The van der Waals surface area contributed by atoms with E-state index in [1.807, 2.05) is 30.3 Å². The van der Waals surface area contributed by atoms with E-state index >= 15 is 0 Å². The molecule has 1 fully saturated rings. The van der Waals surface area contributed by atoms with E-state index in [1.165, 1.54) is 25.9 Å². The predicted molar refractivity (Wildman–Crippen MR) is 84.1 cm³/mol. The van der Waals surface area contributed by atoms with Crippen molar-refractivity contribution in [3.63, 3.8) is 0 Å². The first kappa shape index (κ1) is 13.3. The Balaban J connectivity index is 1.61. The summed E-state index contributed by atoms with van der Waals surface area (Å²) in [4.78, 5) is 2.52. The summed E-state index contributed by atoms with van der Waals surface area (Å²) in [5, 5.41) is 2.18. The van der Waals surface area contributed by atoms with Crippen LogP contribution in [0.25, 0.3) is 10.8 Å². The van der Waals surface area contributed by atoms with Crippen molar-refractivity contribution >= 4 is 16.5 Å². The summed E-state index contributed by atoms with van der Waals surface area (Å²) in [5.41, 5.74) is 6.81. The Morgan fingerprint density at radius 2 is 1.75 bits per heavy atom. The number of likely N-dealkylation sites (tertiary alicyclic amines) is 1. The first-order valence-corrected chi connectivity index (χ1v) is 7.47. The highest BCUT2D eigenvalue weighted by molar-refractivity contribution is 5.96. The number of benzene rings is 2. The van der Waals surface area contributed by atoms with Crippen LogP contribution in [-0.2, 0) is 0 Å². The van der Waals surface area contributed by atoms with Gasteiger partial charge in [0.25, 0.3) is 0 Å². The van der Waals surface area contributed by atoms with E-state index in [-0.39, 0.29) is 0 Å². The molecule has 0 aliphatic carbocycles. The van der Waals surface area contributed by atoms with Crippen molar-refractivity contribution < 1.29 is 4.74 Å². The second kappa shape index (κ2) is 6.14. The summed E-state index contributed by atoms with van der Waals surface area (Å²) in [5.74, 6) is 0.941. The Kier molecular flexibility index (Phi) is 4.07. The van der Waals surface area contributed by atoms with Crippen LogP contribution in [0.3, 0.4) is 0 Å². The van der Waals surface area contributed by atoms with Crippen molar-refractivity contribution in [1.82, 2.24) is 4.90 Å². The van der Waals surface area contributed by atoms with Gasteiger partial charge >= 0.3 is 0 Å². The fourth-order valence-corrected chi connectivity index (χ4v) is 2.91. The zero-order chi connectivity index (χ0) is 13.8. The van der Waals surface area contributed by atoms with Crippen LogP contribution in [0.1, 0.15) is 19.3 Å². The predicted octanol–water partition coefficient (Wildman–Crippen LogP) is 3.29. The van der Waals surface area contributed by atoms with E-state index in [0.29, 0.717) is 0 Å². The number of nitrogen functional groups attached to an aromatic ring is 1. The molecule has 0 amide bonds. The van der Waals surface area contributed by atoms with Crippen molar-refractivity contribution in [2.75, 3.05) is 32.0 Å². The van der Waals surface area contributed by atoms with E-state index in [2.05, 4.69) is 11.0 Å². The molecule has 0 unspecified atom stereocenters. The molecular weight excluding hydrogens is 248 g/mol. The van der Waals surface area contributed by atoms with E-state index in [1.54, 1.807) is 0 Å². The van der Waals surface area contributed by atoms with E-state index in [4.69, 9.17) is 10.5 Å². The van der Waals surface area contributed by atoms with Crippen LogP contribution in [-0.4, -0.2) is 31.1 Å². The van der Waals surface area contributed by atoms with Crippen LogP contribution in [0.5, 0.6) is 5.75 Å². The van der Waals surface area contributed by atoms with E-state index < -0.39 is 0 Å². The summed E-state index contributed by atoms with van der Waals surface area (Å²) in [6.45, 7) is 4.42. The molecule has 0 spiro atoms. The Hall–Kier alpha value is -1.74. The van der Waals surface area contributed by atoms with Gasteiger partial charge in [0, 0.05) is 23.0 Å². The number of rotatable bonds is 5. The lowest BCUT2D eigenvalue weighted by Gasteiger charge is -2.15. The van der Waals surface area contributed by atoms with E-state index in [9.17, 15) is 0 Å². The van der Waals surface area contributed by atoms with E-state index in [0.717, 1.165) is 41.8 Å². The van der Waals surface area contributed by atoms with Crippen LogP contribution in [0.15, 0.2) is 36.4 Å².